The molecule has 0 bridgehead atoms. The first-order valence-corrected chi connectivity index (χ1v) is 19.3. The summed E-state index contributed by atoms with van der Waals surface area (Å²) < 4.78 is 11.4. The first-order valence-electron chi connectivity index (χ1n) is 18.9. The molecule has 4 aromatic rings. The summed E-state index contributed by atoms with van der Waals surface area (Å²) in [6, 6.07) is 28.6. The van der Waals surface area contributed by atoms with Crippen LogP contribution in [0.3, 0.4) is 0 Å². The van der Waals surface area contributed by atoms with E-state index >= 15 is 9.59 Å². The molecule has 4 amide bonds. The molecule has 3 aliphatic heterocycles. The van der Waals surface area contributed by atoms with Gasteiger partial charge >= 0.3 is 0 Å². The van der Waals surface area contributed by atoms with E-state index in [-0.39, 0.29) is 29.7 Å². The molecule has 280 valence electrons. The number of amides is 4. The maximum Gasteiger partial charge on any atom is 0.246 e. The van der Waals surface area contributed by atoms with Crippen molar-refractivity contribution >= 4 is 52.3 Å². The number of allylic oxidation sites excluding steroid dienone is 2. The molecule has 4 fully saturated rings. The van der Waals surface area contributed by atoms with Crippen LogP contribution in [0.25, 0.3) is 0 Å². The summed E-state index contributed by atoms with van der Waals surface area (Å²) in [4.78, 5) is 64.3. The maximum absolute atomic E-state index is 15.5. The number of rotatable bonds is 7. The quantitative estimate of drug-likeness (QED) is 0.165. The third-order valence-electron chi connectivity index (χ3n) is 12.3. The molecule has 55 heavy (non-hydrogen) atoms. The van der Waals surface area contributed by atoms with Gasteiger partial charge in [0.2, 0.25) is 23.6 Å². The smallest absolute Gasteiger partial charge is 0.246 e. The minimum atomic E-state index is -1.43. The van der Waals surface area contributed by atoms with E-state index in [1.807, 2.05) is 67.6 Å². The van der Waals surface area contributed by atoms with Crippen LogP contribution in [0, 0.1) is 23.7 Å². The molecule has 0 unspecified atom stereocenters. The van der Waals surface area contributed by atoms with Gasteiger partial charge in [0.1, 0.15) is 0 Å². The van der Waals surface area contributed by atoms with E-state index in [1.54, 1.807) is 42.5 Å². The minimum absolute atomic E-state index is 0.0535. The zero-order valence-corrected chi connectivity index (χ0v) is 31.0. The Morgan fingerprint density at radius 1 is 0.800 bits per heavy atom. The molecule has 1 saturated carbocycles. The standard InChI is InChI=1S/C44H40ClN3O7/c1-2-55-37-23-26(11-18-36(37)49)39-32-16-17-33-38(42(52)47(40(33)50)30-14-12-29(13-15-30)46-19-21-54-22-20-46)34(32)25-35-41(51)48(31-10-6-9-28(45)24-31)43(53)44(35,39)27-7-4-3-5-8-27/h3-16,18,23-24,33-35,38-39,49H,2,17,19-22,25H2,1H3/t33-,34+,35-,38-,39-,44+/m0/s1. The van der Waals surface area contributed by atoms with Gasteiger partial charge in [0.15, 0.2) is 11.5 Å². The number of morpholine rings is 1. The Kier molecular flexibility index (Phi) is 8.78. The highest BCUT2D eigenvalue weighted by Gasteiger charge is 2.70. The van der Waals surface area contributed by atoms with Crippen molar-refractivity contribution in [2.75, 3.05) is 47.6 Å². The molecular formula is C44H40ClN3O7. The van der Waals surface area contributed by atoms with Crippen LogP contribution in [0.15, 0.2) is 109 Å². The van der Waals surface area contributed by atoms with Crippen molar-refractivity contribution in [2.45, 2.75) is 31.1 Å². The Labute approximate surface area is 323 Å². The van der Waals surface area contributed by atoms with Crippen molar-refractivity contribution in [2.24, 2.45) is 23.7 Å². The van der Waals surface area contributed by atoms with Gasteiger partial charge in [0.25, 0.3) is 0 Å². The molecule has 2 aliphatic carbocycles. The Bertz CT molecular complexity index is 2240. The second-order valence-corrected chi connectivity index (χ2v) is 15.3. The lowest BCUT2D eigenvalue weighted by atomic mass is 9.49. The molecule has 0 radical (unpaired) electrons. The van der Waals surface area contributed by atoms with E-state index in [4.69, 9.17) is 21.1 Å². The van der Waals surface area contributed by atoms with E-state index in [9.17, 15) is 14.7 Å². The van der Waals surface area contributed by atoms with Gasteiger partial charge in [-0.2, -0.15) is 0 Å². The monoisotopic (exact) mass is 757 g/mol. The largest absolute Gasteiger partial charge is 0.504 e. The van der Waals surface area contributed by atoms with Crippen molar-refractivity contribution < 1.29 is 33.8 Å². The number of fused-ring (bicyclic) bond motifs is 4. The number of nitrogens with zero attached hydrogens (tertiary/aromatic N) is 3. The van der Waals surface area contributed by atoms with Gasteiger partial charge in [0.05, 0.1) is 54.4 Å². The molecule has 1 N–H and O–H groups in total. The molecule has 10 nitrogen and oxygen atoms in total. The van der Waals surface area contributed by atoms with Crippen LogP contribution < -0.4 is 19.4 Å². The van der Waals surface area contributed by atoms with Gasteiger partial charge in [-0.3, -0.25) is 24.1 Å². The zero-order valence-electron chi connectivity index (χ0n) is 30.3. The molecule has 0 aromatic heterocycles. The van der Waals surface area contributed by atoms with Gasteiger partial charge in [0, 0.05) is 29.7 Å². The summed E-state index contributed by atoms with van der Waals surface area (Å²) in [6.07, 6.45) is 2.51. The number of imide groups is 2. The SMILES string of the molecule is CCOc1cc([C@H]2C3=CC[C@@H]4C(=O)N(c5ccc(N6CCOCC6)cc5)C(=O)[C@@H]4[C@@H]3C[C@H]3C(=O)N(c4cccc(Cl)c4)C(=O)[C@@]23c2ccccc2)ccc1O. The molecule has 5 aliphatic rings. The number of hydrogen-bond acceptors (Lipinski definition) is 8. The molecule has 4 aromatic carbocycles. The van der Waals surface area contributed by atoms with Crippen molar-refractivity contribution in [3.05, 3.63) is 125 Å². The van der Waals surface area contributed by atoms with Crippen molar-refractivity contribution in [3.8, 4) is 11.5 Å². The second-order valence-electron chi connectivity index (χ2n) is 14.9. The fourth-order valence-electron chi connectivity index (χ4n) is 9.99. The summed E-state index contributed by atoms with van der Waals surface area (Å²) in [5, 5.41) is 11.2. The van der Waals surface area contributed by atoms with Crippen molar-refractivity contribution in [1.29, 1.82) is 0 Å². The number of carbonyl (C=O) groups excluding carboxylic acids is 4. The Morgan fingerprint density at radius 2 is 1.55 bits per heavy atom. The normalized spacial score (nSPS) is 27.5. The number of ether oxygens (including phenoxy) is 2. The Balaban J connectivity index is 1.19. The Hall–Kier alpha value is -5.45. The molecule has 3 heterocycles. The van der Waals surface area contributed by atoms with Crippen LogP contribution in [-0.2, 0) is 29.3 Å². The number of aromatic hydroxyl groups is 1. The number of anilines is 3. The predicted molar refractivity (Wildman–Crippen MR) is 207 cm³/mol. The van der Waals surface area contributed by atoms with Crippen LogP contribution in [0.5, 0.6) is 11.5 Å². The van der Waals surface area contributed by atoms with Gasteiger partial charge in [-0.05, 0) is 91.4 Å². The van der Waals surface area contributed by atoms with E-state index in [0.29, 0.717) is 53.8 Å². The topological polar surface area (TPSA) is 117 Å². The first-order chi connectivity index (χ1) is 26.7. The third kappa shape index (κ3) is 5.40. The first kappa shape index (κ1) is 35.3. The molecular weight excluding hydrogens is 718 g/mol. The summed E-state index contributed by atoms with van der Waals surface area (Å²) in [5.74, 6) is -4.71. The van der Waals surface area contributed by atoms with Gasteiger partial charge in [-0.1, -0.05) is 65.7 Å². The zero-order chi connectivity index (χ0) is 38.0. The van der Waals surface area contributed by atoms with Crippen LogP contribution in [-0.4, -0.2) is 61.6 Å². The van der Waals surface area contributed by atoms with Gasteiger partial charge < -0.3 is 19.5 Å². The van der Waals surface area contributed by atoms with E-state index in [2.05, 4.69) is 4.90 Å². The fraction of sp³-hybridized carbons (Fsp3) is 0.318. The van der Waals surface area contributed by atoms with Crippen LogP contribution >= 0.6 is 11.6 Å². The lowest BCUT2D eigenvalue weighted by Crippen LogP contribution is -2.53. The average Bonchev–Trinajstić information content (AvgIpc) is 3.60. The number of phenols is 1. The molecule has 0 spiro atoms. The third-order valence-corrected chi connectivity index (χ3v) is 12.5. The second kappa shape index (κ2) is 13.7. The summed E-state index contributed by atoms with van der Waals surface area (Å²) >= 11 is 6.43. The van der Waals surface area contributed by atoms with Crippen LogP contribution in [0.4, 0.5) is 17.1 Å². The van der Waals surface area contributed by atoms with Gasteiger partial charge in [-0.15, -0.1) is 0 Å². The predicted octanol–water partition coefficient (Wildman–Crippen LogP) is 6.65. The van der Waals surface area contributed by atoms with Crippen molar-refractivity contribution in [3.63, 3.8) is 0 Å². The van der Waals surface area contributed by atoms with Crippen LogP contribution in [0.1, 0.15) is 36.8 Å². The van der Waals surface area contributed by atoms with E-state index < -0.39 is 46.8 Å². The average molecular weight is 758 g/mol. The highest BCUT2D eigenvalue weighted by Crippen LogP contribution is 2.65. The summed E-state index contributed by atoms with van der Waals surface area (Å²) in [6.45, 7) is 4.92. The number of carbonyl (C=O) groups is 4. The molecule has 9 rings (SSSR count). The lowest BCUT2D eigenvalue weighted by molar-refractivity contribution is -0.127. The summed E-state index contributed by atoms with van der Waals surface area (Å²) in [7, 11) is 0. The highest BCUT2D eigenvalue weighted by molar-refractivity contribution is 6.32. The molecule has 11 heteroatoms. The number of hydrogen-bond donors (Lipinski definition) is 1. The fourth-order valence-corrected chi connectivity index (χ4v) is 10.2. The molecule has 3 saturated heterocycles. The number of phenolic OH excluding ortho intramolecular Hbond substituents is 1. The van der Waals surface area contributed by atoms with E-state index in [1.165, 1.54) is 9.80 Å². The van der Waals surface area contributed by atoms with Crippen molar-refractivity contribution in [1.82, 2.24) is 0 Å². The molecule has 6 atom stereocenters. The van der Waals surface area contributed by atoms with E-state index in [0.717, 1.165) is 24.4 Å². The maximum atomic E-state index is 15.5. The van der Waals surface area contributed by atoms with Gasteiger partial charge in [-0.25, -0.2) is 4.90 Å². The Morgan fingerprint density at radius 3 is 2.27 bits per heavy atom. The highest BCUT2D eigenvalue weighted by atomic mass is 35.5. The lowest BCUT2D eigenvalue weighted by Gasteiger charge is -2.50. The van der Waals surface area contributed by atoms with Crippen LogP contribution in [0.2, 0.25) is 5.02 Å². The number of benzene rings is 4. The summed E-state index contributed by atoms with van der Waals surface area (Å²) in [5.41, 5.74) is 2.58. The minimum Gasteiger partial charge on any atom is -0.504 e. The number of halogens is 1.